The van der Waals surface area contributed by atoms with Crippen LogP contribution in [0.1, 0.15) is 0 Å². The van der Waals surface area contributed by atoms with Crippen LogP contribution in [0.2, 0.25) is 0 Å². The van der Waals surface area contributed by atoms with Gasteiger partial charge in [-0.05, 0) is 18.2 Å². The summed E-state index contributed by atoms with van der Waals surface area (Å²) in [4.78, 5) is 13.4. The largest absolute Gasteiger partial charge is 0.465 e. The maximum Gasteiger partial charge on any atom is 0.407 e. The highest BCUT2D eigenvalue weighted by Crippen LogP contribution is 2.23. The van der Waals surface area contributed by atoms with Gasteiger partial charge in [0.05, 0.1) is 10.6 Å². The molecule has 1 aromatic carbocycles. The van der Waals surface area contributed by atoms with E-state index < -0.39 is 21.9 Å². The summed E-state index contributed by atoms with van der Waals surface area (Å²) in [5, 5.41) is 13.8. The number of anilines is 1. The number of hydrogen-bond donors (Lipinski definition) is 2. The van der Waals surface area contributed by atoms with E-state index in [-0.39, 0.29) is 23.7 Å². The Morgan fingerprint density at radius 1 is 1.25 bits per heavy atom. The molecule has 0 saturated carbocycles. The second-order valence-corrected chi connectivity index (χ2v) is 5.98. The van der Waals surface area contributed by atoms with Crippen molar-refractivity contribution in [1.82, 2.24) is 4.90 Å². The fourth-order valence-corrected chi connectivity index (χ4v) is 2.59. The van der Waals surface area contributed by atoms with Crippen LogP contribution in [0.25, 0.3) is 0 Å². The number of carboxylic acid groups (broad SMARTS) is 1. The van der Waals surface area contributed by atoms with Gasteiger partial charge in [-0.1, -0.05) is 0 Å². The van der Waals surface area contributed by atoms with Crippen LogP contribution in [0.4, 0.5) is 14.9 Å². The fraction of sp³-hybridized carbons (Fsp3) is 0.364. The summed E-state index contributed by atoms with van der Waals surface area (Å²) in [6, 6.07) is 3.44. The second-order valence-electron chi connectivity index (χ2n) is 4.41. The minimum Gasteiger partial charge on any atom is -0.465 e. The number of nitrogens with zero attached hydrogens (tertiary/aromatic N) is 2. The Morgan fingerprint density at radius 2 is 1.85 bits per heavy atom. The zero-order valence-corrected chi connectivity index (χ0v) is 11.3. The first-order valence-electron chi connectivity index (χ1n) is 5.84. The number of benzene rings is 1. The van der Waals surface area contributed by atoms with Crippen LogP contribution in [0.3, 0.4) is 0 Å². The Labute approximate surface area is 115 Å². The summed E-state index contributed by atoms with van der Waals surface area (Å²) in [5.74, 6) is -0.694. The summed E-state index contributed by atoms with van der Waals surface area (Å²) in [5.41, 5.74) is 0.238. The summed E-state index contributed by atoms with van der Waals surface area (Å²) in [7, 11) is -3.94. The number of piperazine rings is 1. The Morgan fingerprint density at radius 3 is 2.30 bits per heavy atom. The highest BCUT2D eigenvalue weighted by Gasteiger charge is 2.23. The van der Waals surface area contributed by atoms with Crippen molar-refractivity contribution in [2.75, 3.05) is 31.1 Å². The van der Waals surface area contributed by atoms with E-state index in [0.717, 1.165) is 6.07 Å². The maximum absolute atomic E-state index is 13.9. The molecule has 1 aliphatic heterocycles. The van der Waals surface area contributed by atoms with Crippen LogP contribution in [0.5, 0.6) is 0 Å². The number of halogens is 1. The molecule has 0 aliphatic carbocycles. The molecule has 9 heteroatoms. The van der Waals surface area contributed by atoms with Crippen LogP contribution in [-0.2, 0) is 10.0 Å². The zero-order chi connectivity index (χ0) is 14.9. The molecule has 1 saturated heterocycles. The van der Waals surface area contributed by atoms with Crippen LogP contribution >= 0.6 is 0 Å². The third-order valence-corrected chi connectivity index (χ3v) is 4.05. The lowest BCUT2D eigenvalue weighted by molar-refractivity contribution is 0.142. The Bertz CT molecular complexity index is 627. The van der Waals surface area contributed by atoms with E-state index in [0.29, 0.717) is 13.1 Å². The van der Waals surface area contributed by atoms with E-state index in [1.54, 1.807) is 4.90 Å². The van der Waals surface area contributed by atoms with Crippen molar-refractivity contribution in [1.29, 1.82) is 0 Å². The lowest BCUT2D eigenvalue weighted by Crippen LogP contribution is -2.48. The molecule has 0 unspecified atom stereocenters. The predicted molar refractivity (Wildman–Crippen MR) is 69.6 cm³/mol. The van der Waals surface area contributed by atoms with Gasteiger partial charge in [0, 0.05) is 26.2 Å². The molecule has 1 amide bonds. The van der Waals surface area contributed by atoms with Crippen LogP contribution in [0.15, 0.2) is 23.1 Å². The molecule has 7 nitrogen and oxygen atoms in total. The van der Waals surface area contributed by atoms with Gasteiger partial charge in [0.15, 0.2) is 0 Å². The Balaban J connectivity index is 2.17. The maximum atomic E-state index is 13.9. The predicted octanol–water partition coefficient (Wildman–Crippen LogP) is 0.273. The summed E-state index contributed by atoms with van der Waals surface area (Å²) < 4.78 is 36.2. The number of primary sulfonamides is 1. The quantitative estimate of drug-likeness (QED) is 0.816. The van der Waals surface area contributed by atoms with Crippen molar-refractivity contribution >= 4 is 21.8 Å². The molecule has 0 aromatic heterocycles. The molecule has 0 bridgehead atoms. The molecular formula is C11H14FN3O4S. The Kier molecular flexibility index (Phi) is 3.82. The first-order chi connectivity index (χ1) is 9.29. The second kappa shape index (κ2) is 5.25. The molecular weight excluding hydrogens is 289 g/mol. The number of carbonyl (C=O) groups is 1. The molecule has 3 N–H and O–H groups in total. The molecule has 0 spiro atoms. The van der Waals surface area contributed by atoms with Crippen molar-refractivity contribution in [2.45, 2.75) is 4.90 Å². The summed E-state index contributed by atoms with van der Waals surface area (Å²) in [6.07, 6.45) is -1.00. The number of rotatable bonds is 2. The van der Waals surface area contributed by atoms with E-state index >= 15 is 0 Å². The molecule has 1 fully saturated rings. The Hall–Kier alpha value is -1.87. The van der Waals surface area contributed by atoms with Crippen LogP contribution < -0.4 is 10.0 Å². The molecule has 20 heavy (non-hydrogen) atoms. The highest BCUT2D eigenvalue weighted by molar-refractivity contribution is 7.89. The van der Waals surface area contributed by atoms with E-state index in [1.807, 2.05) is 0 Å². The van der Waals surface area contributed by atoms with E-state index in [2.05, 4.69) is 0 Å². The lowest BCUT2D eigenvalue weighted by atomic mass is 10.2. The lowest BCUT2D eigenvalue weighted by Gasteiger charge is -2.34. The van der Waals surface area contributed by atoms with Crippen molar-refractivity contribution in [2.24, 2.45) is 5.14 Å². The van der Waals surface area contributed by atoms with E-state index in [1.165, 1.54) is 17.0 Å². The average molecular weight is 303 g/mol. The number of sulfonamides is 1. The van der Waals surface area contributed by atoms with Gasteiger partial charge in [-0.15, -0.1) is 0 Å². The van der Waals surface area contributed by atoms with Crippen molar-refractivity contribution in [3.63, 3.8) is 0 Å². The standard InChI is InChI=1S/C11H14FN3O4S/c12-9-7-8(20(13,18)19)1-2-10(9)14-3-5-15(6-4-14)11(16)17/h1-2,7H,3-6H2,(H,16,17)(H2,13,18,19). The minimum atomic E-state index is -3.94. The van der Waals surface area contributed by atoms with Gasteiger partial charge >= 0.3 is 6.09 Å². The van der Waals surface area contributed by atoms with Crippen molar-refractivity contribution < 1.29 is 22.7 Å². The average Bonchev–Trinajstić information content (AvgIpc) is 2.37. The molecule has 0 radical (unpaired) electrons. The van der Waals surface area contributed by atoms with Crippen LogP contribution in [0, 0.1) is 5.82 Å². The van der Waals surface area contributed by atoms with Gasteiger partial charge in [0.25, 0.3) is 0 Å². The number of amides is 1. The minimum absolute atomic E-state index is 0.238. The van der Waals surface area contributed by atoms with Gasteiger partial charge in [0.2, 0.25) is 10.0 Å². The van der Waals surface area contributed by atoms with Crippen molar-refractivity contribution in [3.05, 3.63) is 24.0 Å². The third-order valence-electron chi connectivity index (χ3n) is 3.14. The topological polar surface area (TPSA) is 104 Å². The SMILES string of the molecule is NS(=O)(=O)c1ccc(N2CCN(C(=O)O)CC2)c(F)c1. The molecule has 2 rings (SSSR count). The molecule has 1 heterocycles. The normalized spacial score (nSPS) is 16.3. The fourth-order valence-electron chi connectivity index (χ4n) is 2.06. The monoisotopic (exact) mass is 303 g/mol. The number of hydrogen-bond acceptors (Lipinski definition) is 4. The molecule has 110 valence electrons. The third kappa shape index (κ3) is 2.99. The molecule has 1 aliphatic rings. The highest BCUT2D eigenvalue weighted by atomic mass is 32.2. The summed E-state index contributed by atoms with van der Waals surface area (Å²) in [6.45, 7) is 1.23. The smallest absolute Gasteiger partial charge is 0.407 e. The molecule has 0 atom stereocenters. The van der Waals surface area contributed by atoms with Crippen LogP contribution in [-0.4, -0.2) is 50.7 Å². The zero-order valence-electron chi connectivity index (χ0n) is 10.5. The number of nitrogens with two attached hydrogens (primary N) is 1. The van der Waals surface area contributed by atoms with Gasteiger partial charge in [-0.2, -0.15) is 0 Å². The van der Waals surface area contributed by atoms with E-state index in [9.17, 15) is 17.6 Å². The van der Waals surface area contributed by atoms with Gasteiger partial charge in [0.1, 0.15) is 5.82 Å². The van der Waals surface area contributed by atoms with Crippen molar-refractivity contribution in [3.8, 4) is 0 Å². The first kappa shape index (κ1) is 14.5. The van der Waals surface area contributed by atoms with Gasteiger partial charge in [-0.25, -0.2) is 22.7 Å². The van der Waals surface area contributed by atoms with Gasteiger partial charge in [-0.3, -0.25) is 0 Å². The van der Waals surface area contributed by atoms with Gasteiger partial charge < -0.3 is 14.9 Å². The van der Waals surface area contributed by atoms with E-state index in [4.69, 9.17) is 10.2 Å². The first-order valence-corrected chi connectivity index (χ1v) is 7.39. The molecule has 1 aromatic rings. The summed E-state index contributed by atoms with van der Waals surface area (Å²) >= 11 is 0.